The predicted molar refractivity (Wildman–Crippen MR) is 54.8 cm³/mol. The third-order valence-corrected chi connectivity index (χ3v) is 3.17. The topological polar surface area (TPSA) is 20.3 Å². The van der Waals surface area contributed by atoms with Crippen molar-refractivity contribution >= 4 is 13.8 Å². The van der Waals surface area contributed by atoms with E-state index in [0.717, 1.165) is 12.8 Å². The van der Waals surface area contributed by atoms with E-state index in [9.17, 15) is 4.79 Å². The van der Waals surface area contributed by atoms with Gasteiger partial charge in [-0.3, -0.25) is 4.79 Å². The second-order valence-electron chi connectivity index (χ2n) is 4.04. The summed E-state index contributed by atoms with van der Waals surface area (Å²) in [5.41, 5.74) is 0. The highest BCUT2D eigenvalue weighted by Gasteiger charge is 2.33. The molecule has 1 saturated heterocycles. The lowest BCUT2D eigenvalue weighted by molar-refractivity contribution is -0.136. The second kappa shape index (κ2) is 4.16. The average molecular weight is 179 g/mol. The van der Waals surface area contributed by atoms with Gasteiger partial charge in [0.05, 0.1) is 7.85 Å². The molecule has 0 aromatic rings. The molecule has 1 amide bonds. The lowest BCUT2D eigenvalue weighted by Crippen LogP contribution is -2.46. The van der Waals surface area contributed by atoms with E-state index in [1.807, 2.05) is 18.9 Å². The highest BCUT2D eigenvalue weighted by atomic mass is 16.2. The van der Waals surface area contributed by atoms with Gasteiger partial charge in [0.2, 0.25) is 5.91 Å². The summed E-state index contributed by atoms with van der Waals surface area (Å²) in [6.45, 7) is 4.16. The van der Waals surface area contributed by atoms with Crippen LogP contribution in [0, 0.1) is 5.92 Å². The Labute approximate surface area is 82.1 Å². The van der Waals surface area contributed by atoms with Crippen molar-refractivity contribution in [2.24, 2.45) is 5.92 Å². The van der Waals surface area contributed by atoms with E-state index >= 15 is 0 Å². The highest BCUT2D eigenvalue weighted by molar-refractivity contribution is 6.11. The fourth-order valence-electron chi connectivity index (χ4n) is 2.32. The largest absolute Gasteiger partial charge is 0.343 e. The first kappa shape index (κ1) is 10.6. The smallest absolute Gasteiger partial charge is 0.222 e. The van der Waals surface area contributed by atoms with E-state index in [1.165, 1.54) is 0 Å². The Bertz CT molecular complexity index is 193. The van der Waals surface area contributed by atoms with E-state index in [-0.39, 0.29) is 11.7 Å². The maximum atomic E-state index is 11.4. The summed E-state index contributed by atoms with van der Waals surface area (Å²) >= 11 is 0. The predicted octanol–water partition coefficient (Wildman–Crippen LogP) is 1.61. The number of nitrogens with zero attached hydrogens (tertiary/aromatic N) is 1. The Morgan fingerprint density at radius 3 is 2.77 bits per heavy atom. The molecule has 13 heavy (non-hydrogen) atoms. The van der Waals surface area contributed by atoms with Crippen molar-refractivity contribution in [1.82, 2.24) is 4.90 Å². The third kappa shape index (κ3) is 2.07. The van der Waals surface area contributed by atoms with Crippen molar-refractivity contribution < 1.29 is 4.79 Å². The molecule has 0 spiro atoms. The van der Waals surface area contributed by atoms with Gasteiger partial charge in [-0.1, -0.05) is 19.7 Å². The molecule has 1 aliphatic heterocycles. The number of piperidine rings is 1. The van der Waals surface area contributed by atoms with Gasteiger partial charge in [0.15, 0.2) is 0 Å². The zero-order chi connectivity index (χ0) is 10.0. The van der Waals surface area contributed by atoms with Crippen LogP contribution in [-0.4, -0.2) is 31.7 Å². The quantitative estimate of drug-likeness (QED) is 0.589. The molecule has 1 heterocycles. The number of carbonyl (C=O) groups is 1. The summed E-state index contributed by atoms with van der Waals surface area (Å²) in [7, 11) is 7.80. The van der Waals surface area contributed by atoms with Crippen LogP contribution in [0.2, 0.25) is 5.82 Å². The van der Waals surface area contributed by atoms with Crippen LogP contribution < -0.4 is 0 Å². The van der Waals surface area contributed by atoms with E-state index in [0.29, 0.717) is 18.4 Å². The summed E-state index contributed by atoms with van der Waals surface area (Å²) in [4.78, 5) is 13.3. The molecule has 2 nitrogen and oxygen atoms in total. The molecule has 0 N–H and O–H groups in total. The molecule has 1 aliphatic rings. The fourth-order valence-corrected chi connectivity index (χ4v) is 2.32. The van der Waals surface area contributed by atoms with E-state index in [2.05, 4.69) is 6.92 Å². The Morgan fingerprint density at radius 2 is 2.31 bits per heavy atom. The minimum Gasteiger partial charge on any atom is -0.343 e. The van der Waals surface area contributed by atoms with Crippen LogP contribution in [0.3, 0.4) is 0 Å². The van der Waals surface area contributed by atoms with Gasteiger partial charge < -0.3 is 4.90 Å². The van der Waals surface area contributed by atoms with E-state index in [1.54, 1.807) is 0 Å². The Morgan fingerprint density at radius 1 is 1.69 bits per heavy atom. The van der Waals surface area contributed by atoms with Crippen molar-refractivity contribution in [1.29, 1.82) is 0 Å². The van der Waals surface area contributed by atoms with Gasteiger partial charge in [0.25, 0.3) is 0 Å². The Kier molecular flexibility index (Phi) is 3.40. The molecule has 72 valence electrons. The monoisotopic (exact) mass is 179 g/mol. The summed E-state index contributed by atoms with van der Waals surface area (Å²) in [6.07, 6.45) is 2.63. The van der Waals surface area contributed by atoms with Crippen LogP contribution in [0.15, 0.2) is 0 Å². The molecule has 1 fully saturated rings. The molecule has 1 rings (SSSR count). The molecule has 0 saturated carbocycles. The van der Waals surface area contributed by atoms with Gasteiger partial charge in [-0.05, 0) is 18.8 Å². The van der Waals surface area contributed by atoms with Gasteiger partial charge in [-0.2, -0.15) is 0 Å². The molecular formula is C10H18BNO. The van der Waals surface area contributed by atoms with Crippen LogP contribution in [0.25, 0.3) is 0 Å². The maximum absolute atomic E-state index is 11.4. The Balaban J connectivity index is 2.71. The fraction of sp³-hybridized carbons (Fsp3) is 0.900. The van der Waals surface area contributed by atoms with Gasteiger partial charge in [-0.15, -0.1) is 0 Å². The lowest BCUT2D eigenvalue weighted by atomic mass is 9.70. The average Bonchev–Trinajstić information content (AvgIpc) is 2.09. The standard InChI is InChI=1S/C10H18BNO/c1-4-9-8(7(2)11)5-6-10(13)12(9)3/h7-9H,4-6H2,1-3H3. The molecule has 3 unspecified atom stereocenters. The molecular weight excluding hydrogens is 161 g/mol. The first-order chi connectivity index (χ1) is 6.07. The number of carbonyl (C=O) groups excluding carboxylic acids is 1. The summed E-state index contributed by atoms with van der Waals surface area (Å²) in [5.74, 6) is 0.942. The molecule has 3 heteroatoms. The van der Waals surface area contributed by atoms with Gasteiger partial charge in [-0.25, -0.2) is 0 Å². The molecule has 0 bridgehead atoms. The van der Waals surface area contributed by atoms with Crippen molar-refractivity contribution in [3.63, 3.8) is 0 Å². The number of likely N-dealkylation sites (tertiary alicyclic amines) is 1. The SMILES string of the molecule is [B]C(C)C1CCC(=O)N(C)C1CC. The molecule has 0 aromatic heterocycles. The minimum absolute atomic E-state index is 0.195. The summed E-state index contributed by atoms with van der Waals surface area (Å²) in [6, 6.07) is 0.348. The van der Waals surface area contributed by atoms with Gasteiger partial charge >= 0.3 is 0 Å². The lowest BCUT2D eigenvalue weighted by Gasteiger charge is -2.40. The van der Waals surface area contributed by atoms with Crippen LogP contribution in [-0.2, 0) is 4.79 Å². The Hall–Kier alpha value is -0.465. The normalized spacial score (nSPS) is 31.9. The molecule has 2 radical (unpaired) electrons. The first-order valence-corrected chi connectivity index (χ1v) is 5.09. The third-order valence-electron chi connectivity index (χ3n) is 3.17. The van der Waals surface area contributed by atoms with Crippen molar-refractivity contribution in [2.45, 2.75) is 45.0 Å². The first-order valence-electron chi connectivity index (χ1n) is 5.09. The molecule has 0 aliphatic carbocycles. The van der Waals surface area contributed by atoms with Crippen molar-refractivity contribution in [3.05, 3.63) is 0 Å². The highest BCUT2D eigenvalue weighted by Crippen LogP contribution is 2.32. The van der Waals surface area contributed by atoms with Crippen LogP contribution in [0.1, 0.15) is 33.1 Å². The van der Waals surface area contributed by atoms with Gasteiger partial charge in [0, 0.05) is 19.5 Å². The van der Waals surface area contributed by atoms with Crippen LogP contribution >= 0.6 is 0 Å². The number of amides is 1. The number of hydrogen-bond acceptors (Lipinski definition) is 1. The number of rotatable bonds is 2. The van der Waals surface area contributed by atoms with Crippen LogP contribution in [0.4, 0.5) is 0 Å². The zero-order valence-corrected chi connectivity index (χ0v) is 8.79. The molecule has 0 aromatic carbocycles. The zero-order valence-electron chi connectivity index (χ0n) is 8.79. The van der Waals surface area contributed by atoms with Crippen LogP contribution in [0.5, 0.6) is 0 Å². The minimum atomic E-state index is 0.195. The van der Waals surface area contributed by atoms with Gasteiger partial charge in [0.1, 0.15) is 0 Å². The molecule has 3 atom stereocenters. The summed E-state index contributed by atoms with van der Waals surface area (Å²) in [5, 5.41) is 0. The van der Waals surface area contributed by atoms with E-state index in [4.69, 9.17) is 7.85 Å². The summed E-state index contributed by atoms with van der Waals surface area (Å²) < 4.78 is 0. The maximum Gasteiger partial charge on any atom is 0.222 e. The number of hydrogen-bond donors (Lipinski definition) is 0. The van der Waals surface area contributed by atoms with E-state index < -0.39 is 0 Å². The second-order valence-corrected chi connectivity index (χ2v) is 4.04. The van der Waals surface area contributed by atoms with Crippen molar-refractivity contribution in [2.75, 3.05) is 7.05 Å². The van der Waals surface area contributed by atoms with Crippen molar-refractivity contribution in [3.8, 4) is 0 Å².